The van der Waals surface area contributed by atoms with Crippen LogP contribution in [-0.4, -0.2) is 37.7 Å². The third-order valence-corrected chi connectivity index (χ3v) is 5.71. The number of benzene rings is 1. The average Bonchev–Trinajstić information content (AvgIpc) is 3.20. The summed E-state index contributed by atoms with van der Waals surface area (Å²) >= 11 is 0. The molecular formula is C19H23N3O5S. The van der Waals surface area contributed by atoms with E-state index in [4.69, 9.17) is 4.52 Å². The van der Waals surface area contributed by atoms with Gasteiger partial charge in [0.1, 0.15) is 6.04 Å². The molecule has 2 amide bonds. The quantitative estimate of drug-likeness (QED) is 0.837. The van der Waals surface area contributed by atoms with Crippen LogP contribution in [0.15, 0.2) is 39.8 Å². The third-order valence-electron chi connectivity index (χ3n) is 4.58. The molecule has 1 N–H and O–H groups in total. The van der Waals surface area contributed by atoms with Gasteiger partial charge in [-0.3, -0.25) is 19.8 Å². The Bertz CT molecular complexity index is 1000. The van der Waals surface area contributed by atoms with Gasteiger partial charge < -0.3 is 4.52 Å². The van der Waals surface area contributed by atoms with Gasteiger partial charge >= 0.3 is 0 Å². The lowest BCUT2D eigenvalue weighted by atomic mass is 9.92. The van der Waals surface area contributed by atoms with Crippen molar-refractivity contribution in [3.8, 4) is 0 Å². The third kappa shape index (κ3) is 4.09. The van der Waals surface area contributed by atoms with E-state index in [1.807, 2.05) is 20.8 Å². The highest BCUT2D eigenvalue weighted by molar-refractivity contribution is 7.90. The normalized spacial score (nSPS) is 17.8. The summed E-state index contributed by atoms with van der Waals surface area (Å²) in [6, 6.07) is 6.88. The van der Waals surface area contributed by atoms with Crippen molar-refractivity contribution in [3.05, 3.63) is 36.0 Å². The minimum Gasteiger partial charge on any atom is -0.338 e. The number of rotatable bonds is 4. The van der Waals surface area contributed by atoms with Gasteiger partial charge in [0.05, 0.1) is 10.6 Å². The van der Waals surface area contributed by atoms with Crippen molar-refractivity contribution in [2.24, 2.45) is 0 Å². The molecule has 3 rings (SSSR count). The van der Waals surface area contributed by atoms with Crippen LogP contribution in [-0.2, 0) is 24.8 Å². The lowest BCUT2D eigenvalue weighted by Crippen LogP contribution is -2.41. The highest BCUT2D eigenvalue weighted by Crippen LogP contribution is 2.29. The van der Waals surface area contributed by atoms with Gasteiger partial charge in [-0.1, -0.05) is 25.9 Å². The van der Waals surface area contributed by atoms with Gasteiger partial charge in [0.25, 0.3) is 0 Å². The molecule has 1 saturated heterocycles. The van der Waals surface area contributed by atoms with E-state index >= 15 is 0 Å². The first kappa shape index (κ1) is 20.1. The maximum Gasteiger partial charge on any atom is 0.249 e. The van der Waals surface area contributed by atoms with Gasteiger partial charge in [0.2, 0.25) is 17.7 Å². The van der Waals surface area contributed by atoms with Crippen LogP contribution in [0.5, 0.6) is 0 Å². The van der Waals surface area contributed by atoms with Gasteiger partial charge in [-0.15, -0.1) is 0 Å². The Morgan fingerprint density at radius 3 is 2.43 bits per heavy atom. The number of carbonyl (C=O) groups excluding carboxylic acids is 2. The number of sulfone groups is 1. The summed E-state index contributed by atoms with van der Waals surface area (Å²) in [6.45, 7) is 5.94. The molecular weight excluding hydrogens is 382 g/mol. The number of hydrogen-bond donors (Lipinski definition) is 1. The Hall–Kier alpha value is -2.68. The second-order valence-electron chi connectivity index (χ2n) is 7.90. The van der Waals surface area contributed by atoms with E-state index in [0.717, 1.165) is 6.26 Å². The predicted molar refractivity (Wildman–Crippen MR) is 104 cm³/mol. The lowest BCUT2D eigenvalue weighted by molar-refractivity contribution is -0.120. The Morgan fingerprint density at radius 2 is 1.89 bits per heavy atom. The van der Waals surface area contributed by atoms with Gasteiger partial charge in [0, 0.05) is 29.8 Å². The van der Waals surface area contributed by atoms with Crippen molar-refractivity contribution in [3.63, 3.8) is 0 Å². The molecule has 9 heteroatoms. The number of nitrogens with one attached hydrogen (secondary N) is 1. The second kappa shape index (κ2) is 7.05. The number of carbonyl (C=O) groups is 2. The lowest BCUT2D eigenvalue weighted by Gasteiger charge is -2.23. The second-order valence-corrected chi connectivity index (χ2v) is 9.92. The summed E-state index contributed by atoms with van der Waals surface area (Å²) in [7, 11) is -3.34. The molecule has 0 bridgehead atoms. The smallest absolute Gasteiger partial charge is 0.249 e. The van der Waals surface area contributed by atoms with E-state index in [0.29, 0.717) is 17.8 Å². The van der Waals surface area contributed by atoms with E-state index in [9.17, 15) is 18.0 Å². The van der Waals surface area contributed by atoms with Gasteiger partial charge in [-0.2, -0.15) is 0 Å². The predicted octanol–water partition coefficient (Wildman–Crippen LogP) is 2.51. The summed E-state index contributed by atoms with van der Waals surface area (Å²) in [6.07, 6.45) is 1.71. The van der Waals surface area contributed by atoms with Crippen LogP contribution in [0.25, 0.3) is 0 Å². The fraction of sp³-hybridized carbons (Fsp3) is 0.421. The van der Waals surface area contributed by atoms with E-state index in [2.05, 4.69) is 10.5 Å². The van der Waals surface area contributed by atoms with Crippen LogP contribution in [0.1, 0.15) is 39.3 Å². The first-order chi connectivity index (χ1) is 13.0. The number of nitrogens with zero attached hydrogens (tertiary/aromatic N) is 2. The zero-order chi connectivity index (χ0) is 20.7. The average molecular weight is 405 g/mol. The standard InChI is InChI=1S/C19H23N3O5S/c1-19(2,3)15-11-16(27-21-15)20-18(24)14-9-10-17(23)22(14)12-5-7-13(8-6-12)28(4,25)26/h5-8,11,14H,9-10H2,1-4H3,(H,20,24)/t14-/m0/s1. The summed E-state index contributed by atoms with van der Waals surface area (Å²) in [4.78, 5) is 26.6. The molecule has 1 aliphatic rings. The molecule has 1 aromatic heterocycles. The molecule has 150 valence electrons. The summed E-state index contributed by atoms with van der Waals surface area (Å²) < 4.78 is 28.4. The van der Waals surface area contributed by atoms with Crippen molar-refractivity contribution in [2.45, 2.75) is 50.0 Å². The van der Waals surface area contributed by atoms with Crippen LogP contribution in [0.2, 0.25) is 0 Å². The summed E-state index contributed by atoms with van der Waals surface area (Å²) in [5.41, 5.74) is 0.963. The fourth-order valence-corrected chi connectivity index (χ4v) is 3.63. The molecule has 0 aliphatic carbocycles. The van der Waals surface area contributed by atoms with Crippen molar-refractivity contribution < 1.29 is 22.5 Å². The van der Waals surface area contributed by atoms with Crippen molar-refractivity contribution >= 4 is 33.2 Å². The monoisotopic (exact) mass is 405 g/mol. The van der Waals surface area contributed by atoms with Crippen molar-refractivity contribution in [1.82, 2.24) is 5.16 Å². The Balaban J connectivity index is 1.80. The molecule has 28 heavy (non-hydrogen) atoms. The van der Waals surface area contributed by atoms with Crippen LogP contribution in [0, 0.1) is 0 Å². The van der Waals surface area contributed by atoms with Crippen molar-refractivity contribution in [2.75, 3.05) is 16.5 Å². The number of aromatic nitrogens is 1. The molecule has 1 atom stereocenters. The Labute approximate surface area is 163 Å². The Morgan fingerprint density at radius 1 is 1.25 bits per heavy atom. The molecule has 0 saturated carbocycles. The van der Waals surface area contributed by atoms with Crippen molar-refractivity contribution in [1.29, 1.82) is 0 Å². The maximum atomic E-state index is 12.7. The van der Waals surface area contributed by atoms with Crippen LogP contribution in [0.3, 0.4) is 0 Å². The summed E-state index contributed by atoms with van der Waals surface area (Å²) in [5, 5.41) is 6.64. The fourth-order valence-electron chi connectivity index (χ4n) is 3.00. The van der Waals surface area contributed by atoms with E-state index in [1.54, 1.807) is 6.07 Å². The van der Waals surface area contributed by atoms with Gasteiger partial charge in [-0.05, 0) is 30.7 Å². The first-order valence-electron chi connectivity index (χ1n) is 8.87. The van der Waals surface area contributed by atoms with Crippen LogP contribution < -0.4 is 10.2 Å². The van der Waals surface area contributed by atoms with Gasteiger partial charge in [0.15, 0.2) is 9.84 Å². The number of anilines is 2. The van der Waals surface area contributed by atoms with E-state index < -0.39 is 15.9 Å². The summed E-state index contributed by atoms with van der Waals surface area (Å²) in [5.74, 6) is -0.350. The molecule has 0 radical (unpaired) electrons. The largest absolute Gasteiger partial charge is 0.338 e. The van der Waals surface area contributed by atoms with E-state index in [1.165, 1.54) is 29.2 Å². The molecule has 8 nitrogen and oxygen atoms in total. The van der Waals surface area contributed by atoms with Gasteiger partial charge in [-0.25, -0.2) is 8.42 Å². The Kier molecular flexibility index (Phi) is 5.05. The first-order valence-corrected chi connectivity index (χ1v) is 10.8. The highest BCUT2D eigenvalue weighted by Gasteiger charge is 2.37. The molecule has 2 aromatic rings. The zero-order valence-corrected chi connectivity index (χ0v) is 17.0. The molecule has 1 fully saturated rings. The molecule has 1 aromatic carbocycles. The minimum atomic E-state index is -3.34. The molecule has 1 aliphatic heterocycles. The topological polar surface area (TPSA) is 110 Å². The molecule has 2 heterocycles. The highest BCUT2D eigenvalue weighted by atomic mass is 32.2. The minimum absolute atomic E-state index is 0.153. The number of amides is 2. The van der Waals surface area contributed by atoms with E-state index in [-0.39, 0.29) is 34.4 Å². The zero-order valence-electron chi connectivity index (χ0n) is 16.2. The van der Waals surface area contributed by atoms with Crippen LogP contribution >= 0.6 is 0 Å². The maximum absolute atomic E-state index is 12.7. The molecule has 0 unspecified atom stereocenters. The molecule has 0 spiro atoms. The SMILES string of the molecule is CC(C)(C)c1cc(NC(=O)[C@@H]2CCC(=O)N2c2ccc(S(C)(=O)=O)cc2)on1. The number of hydrogen-bond acceptors (Lipinski definition) is 6. The van der Waals surface area contributed by atoms with Crippen LogP contribution in [0.4, 0.5) is 11.6 Å².